The van der Waals surface area contributed by atoms with Crippen molar-refractivity contribution >= 4 is 11.9 Å². The standard InChI is InChI=1S/C22H25NO4/c1-26-18-11-12-19(20(15-18)22(25)27-2)16-7-9-17(10-8-16)21(24)23-13-5-3-4-6-14-23/h7-12,15H,3-6,13-14H2,1-2H3. The summed E-state index contributed by atoms with van der Waals surface area (Å²) in [6.07, 6.45) is 4.52. The molecule has 1 aliphatic rings. The summed E-state index contributed by atoms with van der Waals surface area (Å²) in [6.45, 7) is 1.65. The highest BCUT2D eigenvalue weighted by molar-refractivity contribution is 5.99. The van der Waals surface area contributed by atoms with Gasteiger partial charge in [-0.2, -0.15) is 0 Å². The van der Waals surface area contributed by atoms with E-state index in [0.29, 0.717) is 16.9 Å². The SMILES string of the molecule is COC(=O)c1cc(OC)ccc1-c1ccc(C(=O)N2CCCCCC2)cc1. The van der Waals surface area contributed by atoms with E-state index in [4.69, 9.17) is 9.47 Å². The Kier molecular flexibility index (Phi) is 6.12. The maximum absolute atomic E-state index is 12.7. The molecule has 0 radical (unpaired) electrons. The van der Waals surface area contributed by atoms with Crippen LogP contribution >= 0.6 is 0 Å². The number of nitrogens with zero attached hydrogens (tertiary/aromatic N) is 1. The minimum Gasteiger partial charge on any atom is -0.497 e. The molecule has 0 spiro atoms. The molecule has 0 unspecified atom stereocenters. The van der Waals surface area contributed by atoms with Gasteiger partial charge in [0.15, 0.2) is 0 Å². The third-order valence-corrected chi connectivity index (χ3v) is 4.97. The monoisotopic (exact) mass is 367 g/mol. The summed E-state index contributed by atoms with van der Waals surface area (Å²) in [7, 11) is 2.91. The number of carbonyl (C=O) groups is 2. The first-order valence-electron chi connectivity index (χ1n) is 9.30. The van der Waals surface area contributed by atoms with Crippen molar-refractivity contribution in [3.05, 3.63) is 53.6 Å². The van der Waals surface area contributed by atoms with Crippen LogP contribution in [0, 0.1) is 0 Å². The average Bonchev–Trinajstić information content (AvgIpc) is 3.02. The summed E-state index contributed by atoms with van der Waals surface area (Å²) in [5.41, 5.74) is 2.71. The van der Waals surface area contributed by atoms with Crippen molar-refractivity contribution in [1.82, 2.24) is 4.90 Å². The number of hydrogen-bond acceptors (Lipinski definition) is 4. The molecular formula is C22H25NO4. The quantitative estimate of drug-likeness (QED) is 0.761. The number of methoxy groups -OCH3 is 2. The van der Waals surface area contributed by atoms with Gasteiger partial charge in [-0.15, -0.1) is 0 Å². The van der Waals surface area contributed by atoms with Gasteiger partial charge in [-0.1, -0.05) is 25.0 Å². The molecule has 5 nitrogen and oxygen atoms in total. The molecule has 3 rings (SSSR count). The van der Waals surface area contributed by atoms with Crippen molar-refractivity contribution in [2.45, 2.75) is 25.7 Å². The predicted molar refractivity (Wildman–Crippen MR) is 104 cm³/mol. The molecule has 1 aliphatic heterocycles. The fraction of sp³-hybridized carbons (Fsp3) is 0.364. The number of amides is 1. The smallest absolute Gasteiger partial charge is 0.338 e. The molecule has 1 heterocycles. The number of likely N-dealkylation sites (tertiary alicyclic amines) is 1. The van der Waals surface area contributed by atoms with Crippen molar-refractivity contribution < 1.29 is 19.1 Å². The van der Waals surface area contributed by atoms with E-state index in [2.05, 4.69) is 0 Å². The van der Waals surface area contributed by atoms with E-state index < -0.39 is 5.97 Å². The molecule has 0 bridgehead atoms. The topological polar surface area (TPSA) is 55.8 Å². The summed E-state index contributed by atoms with van der Waals surface area (Å²) in [5.74, 6) is 0.243. The van der Waals surface area contributed by atoms with Crippen LogP contribution in [-0.2, 0) is 4.74 Å². The van der Waals surface area contributed by atoms with Gasteiger partial charge < -0.3 is 14.4 Å². The summed E-state index contributed by atoms with van der Waals surface area (Å²) < 4.78 is 10.1. The molecule has 0 aliphatic carbocycles. The van der Waals surface area contributed by atoms with E-state index in [1.54, 1.807) is 19.2 Å². The molecule has 27 heavy (non-hydrogen) atoms. The summed E-state index contributed by atoms with van der Waals surface area (Å²) >= 11 is 0. The van der Waals surface area contributed by atoms with Crippen molar-refractivity contribution in [1.29, 1.82) is 0 Å². The Hall–Kier alpha value is -2.82. The minimum absolute atomic E-state index is 0.0753. The van der Waals surface area contributed by atoms with Crippen LogP contribution in [0.15, 0.2) is 42.5 Å². The number of carbonyl (C=O) groups excluding carboxylic acids is 2. The van der Waals surface area contributed by atoms with Crippen LogP contribution in [0.5, 0.6) is 5.75 Å². The van der Waals surface area contributed by atoms with Crippen LogP contribution in [0.1, 0.15) is 46.4 Å². The molecule has 1 saturated heterocycles. The van der Waals surface area contributed by atoms with E-state index >= 15 is 0 Å². The maximum atomic E-state index is 12.7. The van der Waals surface area contributed by atoms with E-state index in [1.807, 2.05) is 35.2 Å². The lowest BCUT2D eigenvalue weighted by Gasteiger charge is -2.20. The Morgan fingerprint density at radius 2 is 1.56 bits per heavy atom. The molecule has 2 aromatic rings. The first-order valence-corrected chi connectivity index (χ1v) is 9.30. The molecular weight excluding hydrogens is 342 g/mol. The summed E-state index contributed by atoms with van der Waals surface area (Å²) in [5, 5.41) is 0. The van der Waals surface area contributed by atoms with Crippen molar-refractivity contribution in [2.75, 3.05) is 27.3 Å². The maximum Gasteiger partial charge on any atom is 0.338 e. The first-order chi connectivity index (χ1) is 13.1. The van der Waals surface area contributed by atoms with Crippen molar-refractivity contribution in [3.8, 4) is 16.9 Å². The highest BCUT2D eigenvalue weighted by Crippen LogP contribution is 2.28. The van der Waals surface area contributed by atoms with Crippen LogP contribution in [0.25, 0.3) is 11.1 Å². The minimum atomic E-state index is -0.423. The zero-order valence-corrected chi connectivity index (χ0v) is 15.9. The van der Waals surface area contributed by atoms with Crippen LogP contribution in [0.4, 0.5) is 0 Å². The Morgan fingerprint density at radius 3 is 2.15 bits per heavy atom. The molecule has 1 fully saturated rings. The van der Waals surface area contributed by atoms with Gasteiger partial charge >= 0.3 is 5.97 Å². The second-order valence-corrected chi connectivity index (χ2v) is 6.69. The van der Waals surface area contributed by atoms with Gasteiger partial charge in [0.05, 0.1) is 19.8 Å². The van der Waals surface area contributed by atoms with E-state index in [-0.39, 0.29) is 5.91 Å². The van der Waals surface area contributed by atoms with Crippen LogP contribution in [0.3, 0.4) is 0 Å². The van der Waals surface area contributed by atoms with Gasteiger partial charge in [0.2, 0.25) is 0 Å². The fourth-order valence-electron chi connectivity index (χ4n) is 3.43. The number of rotatable bonds is 4. The lowest BCUT2D eigenvalue weighted by molar-refractivity contribution is 0.0601. The normalized spacial score (nSPS) is 14.4. The Morgan fingerprint density at radius 1 is 0.889 bits per heavy atom. The average molecular weight is 367 g/mol. The Bertz CT molecular complexity index is 806. The van der Waals surface area contributed by atoms with E-state index in [1.165, 1.54) is 20.0 Å². The van der Waals surface area contributed by atoms with E-state index in [9.17, 15) is 9.59 Å². The predicted octanol–water partition coefficient (Wildman–Crippen LogP) is 4.17. The third-order valence-electron chi connectivity index (χ3n) is 4.97. The van der Waals surface area contributed by atoms with E-state index in [0.717, 1.165) is 37.1 Å². The molecule has 0 N–H and O–H groups in total. The zero-order chi connectivity index (χ0) is 19.2. The van der Waals surface area contributed by atoms with Gasteiger partial charge in [0.1, 0.15) is 5.75 Å². The highest BCUT2D eigenvalue weighted by atomic mass is 16.5. The number of hydrogen-bond donors (Lipinski definition) is 0. The van der Waals surface area contributed by atoms with Gasteiger partial charge in [0.25, 0.3) is 5.91 Å². The second-order valence-electron chi connectivity index (χ2n) is 6.69. The molecule has 5 heteroatoms. The molecule has 0 aromatic heterocycles. The van der Waals surface area contributed by atoms with Crippen molar-refractivity contribution in [3.63, 3.8) is 0 Å². The van der Waals surface area contributed by atoms with Gasteiger partial charge in [-0.05, 0) is 54.3 Å². The molecule has 2 aromatic carbocycles. The molecule has 0 saturated carbocycles. The zero-order valence-electron chi connectivity index (χ0n) is 15.9. The van der Waals surface area contributed by atoms with Crippen LogP contribution in [0.2, 0.25) is 0 Å². The second kappa shape index (κ2) is 8.71. The molecule has 142 valence electrons. The largest absolute Gasteiger partial charge is 0.497 e. The first kappa shape index (κ1) is 19.0. The fourth-order valence-corrected chi connectivity index (χ4v) is 3.43. The summed E-state index contributed by atoms with van der Waals surface area (Å²) in [4.78, 5) is 26.8. The molecule has 1 amide bonds. The summed E-state index contributed by atoms with van der Waals surface area (Å²) in [6, 6.07) is 12.7. The Labute approximate surface area is 159 Å². The van der Waals surface area contributed by atoms with Gasteiger partial charge in [0, 0.05) is 18.7 Å². The van der Waals surface area contributed by atoms with Crippen molar-refractivity contribution in [2.24, 2.45) is 0 Å². The van der Waals surface area contributed by atoms with Gasteiger partial charge in [-0.3, -0.25) is 4.79 Å². The number of ether oxygens (including phenoxy) is 2. The van der Waals surface area contributed by atoms with Crippen LogP contribution < -0.4 is 4.74 Å². The lowest BCUT2D eigenvalue weighted by atomic mass is 9.98. The van der Waals surface area contributed by atoms with Crippen LogP contribution in [-0.4, -0.2) is 44.1 Å². The third kappa shape index (κ3) is 4.30. The highest BCUT2D eigenvalue weighted by Gasteiger charge is 2.18. The number of benzene rings is 2. The number of esters is 1. The molecule has 0 atom stereocenters. The van der Waals surface area contributed by atoms with Gasteiger partial charge in [-0.25, -0.2) is 4.79 Å². The Balaban J connectivity index is 1.87. The lowest BCUT2D eigenvalue weighted by Crippen LogP contribution is -2.31.